The fourth-order valence-electron chi connectivity index (χ4n) is 1.38. The average molecular weight is 212 g/mol. The topological polar surface area (TPSA) is 37.4 Å². The van der Waals surface area contributed by atoms with Crippen LogP contribution < -0.4 is 0 Å². The zero-order chi connectivity index (χ0) is 9.19. The third-order valence-corrected chi connectivity index (χ3v) is 3.71. The largest absolute Gasteiger partial charge is 0.212 e. The van der Waals surface area contributed by atoms with Gasteiger partial charge in [0.2, 0.25) is 10.0 Å². The lowest BCUT2D eigenvalue weighted by Gasteiger charge is -2.35. The summed E-state index contributed by atoms with van der Waals surface area (Å²) in [5, 5.41) is 0. The van der Waals surface area contributed by atoms with Gasteiger partial charge in [-0.25, -0.2) is 8.42 Å². The van der Waals surface area contributed by atoms with Gasteiger partial charge in [0.25, 0.3) is 0 Å². The zero-order valence-electron chi connectivity index (χ0n) is 7.16. The zero-order valence-corrected chi connectivity index (χ0v) is 8.74. The summed E-state index contributed by atoms with van der Waals surface area (Å²) in [6, 6.07) is 0.221. The maximum Gasteiger partial charge on any atom is 0.211 e. The molecular formula is C7H14ClNO2S. The van der Waals surface area contributed by atoms with Crippen LogP contribution in [-0.2, 0) is 10.0 Å². The lowest BCUT2D eigenvalue weighted by Crippen LogP contribution is -2.44. The second-order valence-electron chi connectivity index (χ2n) is 3.15. The molecule has 3 nitrogen and oxygen atoms in total. The van der Waals surface area contributed by atoms with E-state index in [-0.39, 0.29) is 6.04 Å². The molecule has 12 heavy (non-hydrogen) atoms. The summed E-state index contributed by atoms with van der Waals surface area (Å²) in [6.07, 6.45) is 4.37. The minimum Gasteiger partial charge on any atom is -0.212 e. The third-order valence-electron chi connectivity index (χ3n) is 2.21. The van der Waals surface area contributed by atoms with Crippen LogP contribution in [0.4, 0.5) is 0 Å². The van der Waals surface area contributed by atoms with Crippen LogP contribution in [0.25, 0.3) is 0 Å². The molecule has 5 heteroatoms. The molecule has 0 heterocycles. The Hall–Kier alpha value is 0.200. The molecular weight excluding hydrogens is 198 g/mol. The molecule has 72 valence electrons. The lowest BCUT2D eigenvalue weighted by atomic mass is 9.93. The van der Waals surface area contributed by atoms with Gasteiger partial charge in [0.1, 0.15) is 0 Å². The molecule has 0 bridgehead atoms. The van der Waals surface area contributed by atoms with E-state index in [9.17, 15) is 8.42 Å². The highest BCUT2D eigenvalue weighted by molar-refractivity contribution is 7.88. The normalized spacial score (nSPS) is 19.6. The van der Waals surface area contributed by atoms with Crippen molar-refractivity contribution in [3.8, 4) is 0 Å². The van der Waals surface area contributed by atoms with E-state index in [0.717, 1.165) is 19.3 Å². The van der Waals surface area contributed by atoms with Crippen LogP contribution >= 0.6 is 11.6 Å². The molecule has 1 rings (SSSR count). The first-order valence-electron chi connectivity index (χ1n) is 4.08. The number of sulfonamides is 1. The molecule has 1 fully saturated rings. The van der Waals surface area contributed by atoms with Crippen LogP contribution in [0.2, 0.25) is 0 Å². The molecule has 0 aromatic heterocycles. The molecule has 1 aliphatic rings. The summed E-state index contributed by atoms with van der Waals surface area (Å²) in [4.78, 5) is 0. The van der Waals surface area contributed by atoms with Gasteiger partial charge >= 0.3 is 0 Å². The number of halogens is 1. The van der Waals surface area contributed by atoms with Crippen LogP contribution in [-0.4, -0.2) is 37.4 Å². The molecule has 0 atom stereocenters. The summed E-state index contributed by atoms with van der Waals surface area (Å²) in [5.74, 6) is 0.379. The molecule has 0 amide bonds. The third kappa shape index (κ3) is 2.34. The van der Waals surface area contributed by atoms with Crippen LogP contribution in [0.3, 0.4) is 0 Å². The summed E-state index contributed by atoms with van der Waals surface area (Å²) >= 11 is 5.52. The Bertz CT molecular complexity index is 236. The predicted molar refractivity (Wildman–Crippen MR) is 49.9 cm³/mol. The standard InChI is InChI=1S/C7H14ClNO2S/c1-12(10,11)9(6-5-8)7-3-2-4-7/h7H,2-6H2,1H3. The highest BCUT2D eigenvalue weighted by atomic mass is 35.5. The van der Waals surface area contributed by atoms with Gasteiger partial charge in [-0.1, -0.05) is 6.42 Å². The fourth-order valence-corrected chi connectivity index (χ4v) is 2.83. The summed E-state index contributed by atoms with van der Waals surface area (Å²) < 4.78 is 24.0. The van der Waals surface area contributed by atoms with E-state index in [4.69, 9.17) is 11.6 Å². The van der Waals surface area contributed by atoms with Crippen molar-refractivity contribution < 1.29 is 8.42 Å². The molecule has 0 saturated heterocycles. The Balaban J connectivity index is 2.60. The number of hydrogen-bond acceptors (Lipinski definition) is 2. The van der Waals surface area contributed by atoms with E-state index in [2.05, 4.69) is 0 Å². The Morgan fingerprint density at radius 3 is 2.33 bits per heavy atom. The van der Waals surface area contributed by atoms with E-state index < -0.39 is 10.0 Å². The highest BCUT2D eigenvalue weighted by Gasteiger charge is 2.30. The lowest BCUT2D eigenvalue weighted by molar-refractivity contribution is 0.229. The van der Waals surface area contributed by atoms with Crippen LogP contribution in [0, 0.1) is 0 Å². The maximum atomic E-state index is 11.2. The van der Waals surface area contributed by atoms with Gasteiger partial charge in [-0.2, -0.15) is 4.31 Å². The second kappa shape index (κ2) is 3.94. The van der Waals surface area contributed by atoms with E-state index >= 15 is 0 Å². The minimum absolute atomic E-state index is 0.221. The molecule has 0 spiro atoms. The quantitative estimate of drug-likeness (QED) is 0.652. The smallest absolute Gasteiger partial charge is 0.211 e. The Morgan fingerprint density at radius 1 is 1.50 bits per heavy atom. The molecule has 0 aromatic carbocycles. The first-order valence-corrected chi connectivity index (χ1v) is 6.47. The molecule has 1 aliphatic carbocycles. The van der Waals surface area contributed by atoms with E-state index in [0.29, 0.717) is 12.4 Å². The highest BCUT2D eigenvalue weighted by Crippen LogP contribution is 2.26. The average Bonchev–Trinajstić information content (AvgIpc) is 1.80. The van der Waals surface area contributed by atoms with Crippen LogP contribution in [0.5, 0.6) is 0 Å². The molecule has 0 unspecified atom stereocenters. The van der Waals surface area contributed by atoms with Gasteiger partial charge in [0.15, 0.2) is 0 Å². The van der Waals surface area contributed by atoms with Crippen LogP contribution in [0.1, 0.15) is 19.3 Å². The van der Waals surface area contributed by atoms with Crippen LogP contribution in [0.15, 0.2) is 0 Å². The molecule has 0 N–H and O–H groups in total. The van der Waals surface area contributed by atoms with E-state index in [1.165, 1.54) is 10.6 Å². The Kier molecular flexibility index (Phi) is 3.37. The van der Waals surface area contributed by atoms with E-state index in [1.54, 1.807) is 0 Å². The molecule has 0 radical (unpaired) electrons. The van der Waals surface area contributed by atoms with Gasteiger partial charge in [-0.05, 0) is 12.8 Å². The van der Waals surface area contributed by atoms with Crippen molar-refractivity contribution in [3.05, 3.63) is 0 Å². The van der Waals surface area contributed by atoms with E-state index in [1.807, 2.05) is 0 Å². The van der Waals surface area contributed by atoms with Crippen molar-refractivity contribution in [1.82, 2.24) is 4.31 Å². The fraction of sp³-hybridized carbons (Fsp3) is 1.00. The Morgan fingerprint density at radius 2 is 2.08 bits per heavy atom. The number of hydrogen-bond donors (Lipinski definition) is 0. The van der Waals surface area contributed by atoms with Gasteiger partial charge in [0, 0.05) is 18.5 Å². The first-order chi connectivity index (χ1) is 5.55. The monoisotopic (exact) mass is 211 g/mol. The van der Waals surface area contributed by atoms with Crippen molar-refractivity contribution in [1.29, 1.82) is 0 Å². The molecule has 0 aliphatic heterocycles. The Labute approximate surface area is 78.7 Å². The maximum absolute atomic E-state index is 11.2. The first kappa shape index (κ1) is 10.3. The van der Waals surface area contributed by atoms with Gasteiger partial charge in [-0.15, -0.1) is 11.6 Å². The van der Waals surface area contributed by atoms with Crippen molar-refractivity contribution >= 4 is 21.6 Å². The predicted octanol–water partition coefficient (Wildman–Crippen LogP) is 1.04. The summed E-state index contributed by atoms with van der Waals surface area (Å²) in [6.45, 7) is 0.449. The van der Waals surface area contributed by atoms with Crippen molar-refractivity contribution in [3.63, 3.8) is 0 Å². The second-order valence-corrected chi connectivity index (χ2v) is 5.46. The van der Waals surface area contributed by atoms with Crippen molar-refractivity contribution in [2.45, 2.75) is 25.3 Å². The minimum atomic E-state index is -3.04. The number of nitrogens with zero attached hydrogens (tertiary/aromatic N) is 1. The summed E-state index contributed by atoms with van der Waals surface area (Å²) in [7, 11) is -3.04. The van der Waals surface area contributed by atoms with Gasteiger partial charge in [-0.3, -0.25) is 0 Å². The molecule has 1 saturated carbocycles. The van der Waals surface area contributed by atoms with Crippen molar-refractivity contribution in [2.24, 2.45) is 0 Å². The summed E-state index contributed by atoms with van der Waals surface area (Å²) in [5.41, 5.74) is 0. The van der Waals surface area contributed by atoms with Crippen molar-refractivity contribution in [2.75, 3.05) is 18.7 Å². The SMILES string of the molecule is CS(=O)(=O)N(CCCl)C1CCC1. The number of alkyl halides is 1. The van der Waals surface area contributed by atoms with Gasteiger partial charge < -0.3 is 0 Å². The van der Waals surface area contributed by atoms with Gasteiger partial charge in [0.05, 0.1) is 6.26 Å². The molecule has 0 aromatic rings. The number of rotatable bonds is 4.